The molecule has 0 radical (unpaired) electrons. The Bertz CT molecular complexity index is 117. The lowest BCUT2D eigenvalue weighted by Gasteiger charge is -2.11. The highest BCUT2D eigenvalue weighted by Gasteiger charge is 1.99. The van der Waals surface area contributed by atoms with Gasteiger partial charge in [0.25, 0.3) is 0 Å². The third-order valence-corrected chi connectivity index (χ3v) is 1.35. The maximum absolute atomic E-state index is 8.01. The zero-order valence-electron chi connectivity index (χ0n) is 6.54. The van der Waals surface area contributed by atoms with E-state index in [0.717, 1.165) is 13.0 Å². The van der Waals surface area contributed by atoms with Crippen molar-refractivity contribution in [1.29, 1.82) is 0 Å². The van der Waals surface area contributed by atoms with Crippen LogP contribution in [0.2, 0.25) is 0 Å². The van der Waals surface area contributed by atoms with Gasteiger partial charge in [-0.15, -0.1) is 0 Å². The molecule has 0 bridgehead atoms. The number of nitrogens with zero attached hydrogens (tertiary/aromatic N) is 3. The molecule has 0 aliphatic rings. The van der Waals surface area contributed by atoms with Crippen LogP contribution in [0, 0.1) is 0 Å². The van der Waals surface area contributed by atoms with Crippen molar-refractivity contribution in [2.45, 2.75) is 26.3 Å². The second-order valence-electron chi connectivity index (χ2n) is 2.08. The molecule has 0 rings (SSSR count). The highest BCUT2D eigenvalue weighted by atomic mass is 15.1. The van der Waals surface area contributed by atoms with Crippen LogP contribution in [0.5, 0.6) is 0 Å². The Hall–Kier alpha value is -0.730. The molecule has 0 amide bonds. The van der Waals surface area contributed by atoms with Crippen molar-refractivity contribution in [2.75, 3.05) is 13.1 Å². The molecule has 0 aliphatic heterocycles. The molecule has 0 aromatic heterocycles. The fraction of sp³-hybridized carbons (Fsp3) is 1.00. The summed E-state index contributed by atoms with van der Waals surface area (Å²) in [6, 6.07) is 0.348. The minimum absolute atomic E-state index is 0.348. The summed E-state index contributed by atoms with van der Waals surface area (Å²) in [5.74, 6) is 0. The average Bonchev–Trinajstić information content (AvgIpc) is 1.98. The van der Waals surface area contributed by atoms with Gasteiger partial charge in [-0.3, -0.25) is 0 Å². The van der Waals surface area contributed by atoms with Crippen LogP contribution >= 0.6 is 0 Å². The summed E-state index contributed by atoms with van der Waals surface area (Å²) in [5.41, 5.74) is 8.01. The van der Waals surface area contributed by atoms with Gasteiger partial charge < -0.3 is 5.32 Å². The Kier molecular flexibility index (Phi) is 5.92. The maximum atomic E-state index is 8.01. The molecule has 1 N–H and O–H groups in total. The van der Waals surface area contributed by atoms with E-state index >= 15 is 0 Å². The lowest BCUT2D eigenvalue weighted by atomic mass is 10.2. The average molecular weight is 142 g/mol. The molecule has 1 unspecified atom stereocenters. The number of rotatable bonds is 5. The molecule has 0 saturated carbocycles. The Balaban J connectivity index is 3.48. The number of likely N-dealkylation sites (N-methyl/N-ethyl adjacent to an activating group) is 1. The molecular formula is C6H14N4. The van der Waals surface area contributed by atoms with Gasteiger partial charge >= 0.3 is 0 Å². The highest BCUT2D eigenvalue weighted by molar-refractivity contribution is 4.66. The van der Waals surface area contributed by atoms with Crippen LogP contribution in [0.15, 0.2) is 5.11 Å². The van der Waals surface area contributed by atoms with Gasteiger partial charge in [-0.1, -0.05) is 19.0 Å². The number of nitrogens with one attached hydrogen (secondary N) is 1. The van der Waals surface area contributed by atoms with Crippen molar-refractivity contribution >= 4 is 0 Å². The predicted molar refractivity (Wildman–Crippen MR) is 41.8 cm³/mol. The van der Waals surface area contributed by atoms with Crippen molar-refractivity contribution in [3.63, 3.8) is 0 Å². The van der Waals surface area contributed by atoms with Crippen LogP contribution in [-0.4, -0.2) is 19.1 Å². The molecule has 0 saturated heterocycles. The van der Waals surface area contributed by atoms with Gasteiger partial charge in [0.05, 0.1) is 0 Å². The lowest BCUT2D eigenvalue weighted by molar-refractivity contribution is 0.521. The standard InChI is InChI=1S/C6H14N4/c1-3-6(8-4-2)5-9-10-7/h6,8H,3-5H2,1-2H3. The summed E-state index contributed by atoms with van der Waals surface area (Å²) in [6.07, 6.45) is 1.01. The third-order valence-electron chi connectivity index (χ3n) is 1.35. The summed E-state index contributed by atoms with van der Waals surface area (Å²) in [7, 11) is 0. The summed E-state index contributed by atoms with van der Waals surface area (Å²) >= 11 is 0. The van der Waals surface area contributed by atoms with E-state index in [-0.39, 0.29) is 0 Å². The minimum atomic E-state index is 0.348. The zero-order chi connectivity index (χ0) is 7.82. The van der Waals surface area contributed by atoms with Crippen LogP contribution < -0.4 is 5.32 Å². The van der Waals surface area contributed by atoms with Gasteiger partial charge in [-0.05, 0) is 18.5 Å². The Morgan fingerprint density at radius 2 is 2.30 bits per heavy atom. The smallest absolute Gasteiger partial charge is 0.0411 e. The maximum Gasteiger partial charge on any atom is 0.0411 e. The molecule has 4 heteroatoms. The summed E-state index contributed by atoms with van der Waals surface area (Å²) < 4.78 is 0. The largest absolute Gasteiger partial charge is 0.314 e. The van der Waals surface area contributed by atoms with Crippen LogP contribution in [0.3, 0.4) is 0 Å². The second kappa shape index (κ2) is 6.39. The van der Waals surface area contributed by atoms with E-state index in [9.17, 15) is 0 Å². The van der Waals surface area contributed by atoms with Gasteiger partial charge in [-0.25, -0.2) is 0 Å². The van der Waals surface area contributed by atoms with Gasteiger partial charge in [0, 0.05) is 17.5 Å². The minimum Gasteiger partial charge on any atom is -0.314 e. The monoisotopic (exact) mass is 142 g/mol. The first kappa shape index (κ1) is 9.27. The van der Waals surface area contributed by atoms with Gasteiger partial charge in [0.2, 0.25) is 0 Å². The topological polar surface area (TPSA) is 60.8 Å². The fourth-order valence-electron chi connectivity index (χ4n) is 0.762. The molecule has 1 atom stereocenters. The molecule has 0 aliphatic carbocycles. The van der Waals surface area contributed by atoms with Gasteiger partial charge in [-0.2, -0.15) is 0 Å². The molecule has 0 aromatic rings. The second-order valence-corrected chi connectivity index (χ2v) is 2.08. The Labute approximate surface area is 61.2 Å². The van der Waals surface area contributed by atoms with Crippen molar-refractivity contribution in [3.05, 3.63) is 10.4 Å². The lowest BCUT2D eigenvalue weighted by Crippen LogP contribution is -2.30. The van der Waals surface area contributed by atoms with Crippen molar-refractivity contribution in [1.82, 2.24) is 5.32 Å². The highest BCUT2D eigenvalue weighted by Crippen LogP contribution is 1.90. The number of hydrogen-bond acceptors (Lipinski definition) is 2. The molecule has 0 fully saturated rings. The Morgan fingerprint density at radius 3 is 2.70 bits per heavy atom. The van der Waals surface area contributed by atoms with E-state index in [1.807, 2.05) is 6.92 Å². The first-order valence-corrected chi connectivity index (χ1v) is 3.59. The third kappa shape index (κ3) is 4.18. The number of azide groups is 1. The van der Waals surface area contributed by atoms with E-state index in [4.69, 9.17) is 5.53 Å². The van der Waals surface area contributed by atoms with Crippen LogP contribution in [0.1, 0.15) is 20.3 Å². The van der Waals surface area contributed by atoms with Crippen molar-refractivity contribution in [2.24, 2.45) is 5.11 Å². The van der Waals surface area contributed by atoms with E-state index in [0.29, 0.717) is 12.6 Å². The molecule has 10 heavy (non-hydrogen) atoms. The SMILES string of the molecule is CCNC(CC)CN=[N+]=[N-]. The first-order chi connectivity index (χ1) is 4.85. The molecular weight excluding hydrogens is 128 g/mol. The summed E-state index contributed by atoms with van der Waals surface area (Å²) in [6.45, 7) is 5.60. The molecule has 4 nitrogen and oxygen atoms in total. The zero-order valence-corrected chi connectivity index (χ0v) is 6.54. The van der Waals surface area contributed by atoms with E-state index in [1.165, 1.54) is 0 Å². The van der Waals surface area contributed by atoms with Gasteiger partial charge in [0.15, 0.2) is 0 Å². The molecule has 0 spiro atoms. The number of hydrogen-bond donors (Lipinski definition) is 1. The van der Waals surface area contributed by atoms with Crippen molar-refractivity contribution in [3.8, 4) is 0 Å². The molecule has 0 aromatic carbocycles. The predicted octanol–water partition coefficient (Wildman–Crippen LogP) is 1.68. The fourth-order valence-corrected chi connectivity index (χ4v) is 0.762. The van der Waals surface area contributed by atoms with Crippen LogP contribution in [-0.2, 0) is 0 Å². The Morgan fingerprint density at radius 1 is 1.60 bits per heavy atom. The molecule has 58 valence electrons. The normalized spacial score (nSPS) is 12.2. The van der Waals surface area contributed by atoms with Crippen LogP contribution in [0.25, 0.3) is 10.4 Å². The molecule has 0 heterocycles. The van der Waals surface area contributed by atoms with Gasteiger partial charge in [0.1, 0.15) is 0 Å². The quantitative estimate of drug-likeness (QED) is 0.354. The van der Waals surface area contributed by atoms with E-state index < -0.39 is 0 Å². The first-order valence-electron chi connectivity index (χ1n) is 3.59. The summed E-state index contributed by atoms with van der Waals surface area (Å²) in [5, 5.41) is 6.68. The van der Waals surface area contributed by atoms with Crippen LogP contribution in [0.4, 0.5) is 0 Å². The van der Waals surface area contributed by atoms with Crippen molar-refractivity contribution < 1.29 is 0 Å². The summed E-state index contributed by atoms with van der Waals surface area (Å²) in [4.78, 5) is 2.69. The van der Waals surface area contributed by atoms with E-state index in [1.54, 1.807) is 0 Å². The van der Waals surface area contributed by atoms with E-state index in [2.05, 4.69) is 22.3 Å².